The predicted molar refractivity (Wildman–Crippen MR) is 235 cm³/mol. The van der Waals surface area contributed by atoms with Crippen LogP contribution < -0.4 is 0 Å². The molecule has 55 heavy (non-hydrogen) atoms. The third-order valence-electron chi connectivity index (χ3n) is 9.78. The van der Waals surface area contributed by atoms with E-state index < -0.39 is 0 Å². The summed E-state index contributed by atoms with van der Waals surface area (Å²) in [5.41, 5.74) is 12.3. The Kier molecular flexibility index (Phi) is 10.5. The van der Waals surface area contributed by atoms with Gasteiger partial charge in [-0.25, -0.2) is 0 Å². The number of aromatic nitrogens is 1. The number of hydrogen-bond donors (Lipinski definition) is 0. The normalized spacial score (nSPS) is 12.0. The minimum Gasteiger partial charge on any atom is -0.280 e. The fourth-order valence-electron chi connectivity index (χ4n) is 7.05. The van der Waals surface area contributed by atoms with Gasteiger partial charge >= 0.3 is 0 Å². The van der Waals surface area contributed by atoms with Gasteiger partial charge in [0.15, 0.2) is 0 Å². The third-order valence-corrected chi connectivity index (χ3v) is 9.78. The SMILES string of the molecule is C=N\C=C/C=C\C=C\C(=NCc1cc(-c2ccc(-c3cccnc3)cc2)cc(-c2cc3ccccc3c3ccccc23)c1)c1ccc(-c2ccccc2)cc1. The lowest BCUT2D eigenvalue weighted by Crippen LogP contribution is -1.99. The molecule has 0 atom stereocenters. The van der Waals surface area contributed by atoms with Gasteiger partial charge in [-0.3, -0.25) is 15.0 Å². The molecule has 0 radical (unpaired) electrons. The Balaban J connectivity index is 1.23. The van der Waals surface area contributed by atoms with Crippen molar-refractivity contribution in [1.29, 1.82) is 0 Å². The smallest absolute Gasteiger partial charge is 0.0650 e. The first kappa shape index (κ1) is 34.8. The zero-order chi connectivity index (χ0) is 37.2. The van der Waals surface area contributed by atoms with Crippen LogP contribution in [0.15, 0.2) is 223 Å². The van der Waals surface area contributed by atoms with Crippen molar-refractivity contribution in [2.75, 3.05) is 0 Å². The van der Waals surface area contributed by atoms with Gasteiger partial charge in [0, 0.05) is 18.6 Å². The highest BCUT2D eigenvalue weighted by Gasteiger charge is 2.12. The zero-order valence-electron chi connectivity index (χ0n) is 30.5. The second kappa shape index (κ2) is 16.6. The van der Waals surface area contributed by atoms with Crippen molar-refractivity contribution in [3.8, 4) is 44.5 Å². The van der Waals surface area contributed by atoms with Crippen LogP contribution in [0.1, 0.15) is 11.1 Å². The van der Waals surface area contributed by atoms with Gasteiger partial charge in [-0.05, 0) is 126 Å². The molecular weight excluding hydrogens is 667 g/mol. The number of hydrogen-bond acceptors (Lipinski definition) is 3. The van der Waals surface area contributed by atoms with E-state index in [1.54, 1.807) is 12.4 Å². The molecule has 0 fully saturated rings. The van der Waals surface area contributed by atoms with Crippen molar-refractivity contribution in [3.05, 3.63) is 224 Å². The number of fused-ring (bicyclic) bond motifs is 3. The topological polar surface area (TPSA) is 37.6 Å². The van der Waals surface area contributed by atoms with E-state index in [1.165, 1.54) is 38.2 Å². The highest BCUT2D eigenvalue weighted by molar-refractivity contribution is 6.14. The molecule has 0 spiro atoms. The molecule has 8 aromatic rings. The van der Waals surface area contributed by atoms with Crippen LogP contribution >= 0.6 is 0 Å². The first-order valence-electron chi connectivity index (χ1n) is 18.5. The summed E-state index contributed by atoms with van der Waals surface area (Å²) in [6.45, 7) is 4.02. The first-order chi connectivity index (χ1) is 27.2. The molecule has 0 saturated carbocycles. The molecular formula is C52H39N3. The Bertz CT molecular complexity index is 2700. The molecule has 8 rings (SSSR count). The maximum atomic E-state index is 5.28. The maximum Gasteiger partial charge on any atom is 0.0650 e. The molecule has 0 aliphatic heterocycles. The van der Waals surface area contributed by atoms with E-state index in [-0.39, 0.29) is 0 Å². The molecule has 262 valence electrons. The number of rotatable bonds is 11. The summed E-state index contributed by atoms with van der Waals surface area (Å²) in [4.78, 5) is 13.4. The van der Waals surface area contributed by atoms with Crippen molar-refractivity contribution in [2.24, 2.45) is 9.98 Å². The van der Waals surface area contributed by atoms with Gasteiger partial charge in [-0.2, -0.15) is 0 Å². The summed E-state index contributed by atoms with van der Waals surface area (Å²) < 4.78 is 0. The number of benzene rings is 7. The quantitative estimate of drug-likeness (QED) is 0.0750. The monoisotopic (exact) mass is 705 g/mol. The number of pyridine rings is 1. The second-order valence-corrected chi connectivity index (χ2v) is 13.3. The van der Waals surface area contributed by atoms with Crippen molar-refractivity contribution >= 4 is 34.0 Å². The van der Waals surface area contributed by atoms with E-state index in [0.29, 0.717) is 6.54 Å². The fourth-order valence-corrected chi connectivity index (χ4v) is 7.05. The summed E-state index contributed by atoms with van der Waals surface area (Å²) in [5.74, 6) is 0. The van der Waals surface area contributed by atoms with Crippen molar-refractivity contribution < 1.29 is 0 Å². The van der Waals surface area contributed by atoms with Crippen molar-refractivity contribution in [3.63, 3.8) is 0 Å². The summed E-state index contributed by atoms with van der Waals surface area (Å²) in [6, 6.07) is 58.6. The maximum absolute atomic E-state index is 5.28. The van der Waals surface area contributed by atoms with E-state index in [2.05, 4.69) is 174 Å². The van der Waals surface area contributed by atoms with Crippen LogP contribution in [0.2, 0.25) is 0 Å². The Morgan fingerprint density at radius 2 is 1.13 bits per heavy atom. The minimum absolute atomic E-state index is 0.504. The molecule has 0 N–H and O–H groups in total. The van der Waals surface area contributed by atoms with Crippen LogP contribution in [0.25, 0.3) is 66.1 Å². The van der Waals surface area contributed by atoms with E-state index in [0.717, 1.165) is 44.7 Å². The van der Waals surface area contributed by atoms with Gasteiger partial charge in [-0.15, -0.1) is 0 Å². The lowest BCUT2D eigenvalue weighted by Gasteiger charge is -2.14. The average molecular weight is 706 g/mol. The van der Waals surface area contributed by atoms with Crippen LogP contribution in [0.5, 0.6) is 0 Å². The molecule has 3 heteroatoms. The predicted octanol–water partition coefficient (Wildman–Crippen LogP) is 13.4. The summed E-state index contributed by atoms with van der Waals surface area (Å²) in [6.07, 6.45) is 15.2. The summed E-state index contributed by atoms with van der Waals surface area (Å²) in [7, 11) is 0. The van der Waals surface area contributed by atoms with Gasteiger partial charge in [0.05, 0.1) is 12.3 Å². The van der Waals surface area contributed by atoms with Crippen LogP contribution in [-0.4, -0.2) is 17.4 Å². The second-order valence-electron chi connectivity index (χ2n) is 13.3. The van der Waals surface area contributed by atoms with E-state index >= 15 is 0 Å². The molecule has 0 aliphatic carbocycles. The van der Waals surface area contributed by atoms with E-state index in [9.17, 15) is 0 Å². The molecule has 0 unspecified atom stereocenters. The Morgan fingerprint density at radius 1 is 0.509 bits per heavy atom. The largest absolute Gasteiger partial charge is 0.280 e. The molecule has 3 nitrogen and oxygen atoms in total. The van der Waals surface area contributed by atoms with Crippen LogP contribution in [-0.2, 0) is 6.54 Å². The van der Waals surface area contributed by atoms with Gasteiger partial charge in [0.1, 0.15) is 0 Å². The van der Waals surface area contributed by atoms with Crippen LogP contribution in [0.4, 0.5) is 0 Å². The lowest BCUT2D eigenvalue weighted by atomic mass is 9.90. The molecule has 1 heterocycles. The highest BCUT2D eigenvalue weighted by Crippen LogP contribution is 2.37. The fraction of sp³-hybridized carbons (Fsp3) is 0.0192. The van der Waals surface area contributed by atoms with Gasteiger partial charge in [0.2, 0.25) is 0 Å². The van der Waals surface area contributed by atoms with Gasteiger partial charge in [-0.1, -0.05) is 152 Å². The van der Waals surface area contributed by atoms with Crippen LogP contribution in [0.3, 0.4) is 0 Å². The molecule has 0 bridgehead atoms. The minimum atomic E-state index is 0.504. The number of nitrogens with zero attached hydrogens (tertiary/aromatic N) is 3. The standard InChI is InChI=1S/C52H39N3/c1-53-30-12-3-2-7-21-52(43-28-26-40(27-29-43)39-14-5-4-6-15-39)55-36-38-32-46(42-24-22-41(23-25-42)45-17-13-31-54-37-45)34-47(33-38)51-35-44-16-8-9-18-48(44)49-19-10-11-20-50(49)51/h2-35,37H,1,36H2/b3-2-,21-7+,30-12-,55-52?. The Hall–Kier alpha value is -7.23. The first-order valence-corrected chi connectivity index (χ1v) is 18.5. The average Bonchev–Trinajstić information content (AvgIpc) is 3.26. The zero-order valence-corrected chi connectivity index (χ0v) is 30.5. The molecule has 0 saturated heterocycles. The van der Waals surface area contributed by atoms with Gasteiger partial charge in [0.25, 0.3) is 0 Å². The van der Waals surface area contributed by atoms with Crippen LogP contribution in [0, 0.1) is 0 Å². The highest BCUT2D eigenvalue weighted by atomic mass is 14.7. The number of aliphatic imine (C=N–C) groups is 2. The van der Waals surface area contributed by atoms with E-state index in [4.69, 9.17) is 4.99 Å². The third kappa shape index (κ3) is 8.07. The Morgan fingerprint density at radius 3 is 1.89 bits per heavy atom. The Labute approximate surface area is 322 Å². The number of allylic oxidation sites excluding steroid dienone is 5. The van der Waals surface area contributed by atoms with E-state index in [1.807, 2.05) is 42.6 Å². The summed E-state index contributed by atoms with van der Waals surface area (Å²) in [5, 5.41) is 4.96. The lowest BCUT2D eigenvalue weighted by molar-refractivity contribution is 1.07. The molecule has 0 amide bonds. The summed E-state index contributed by atoms with van der Waals surface area (Å²) >= 11 is 0. The molecule has 1 aromatic heterocycles. The van der Waals surface area contributed by atoms with Crippen molar-refractivity contribution in [2.45, 2.75) is 6.54 Å². The molecule has 7 aromatic carbocycles. The van der Waals surface area contributed by atoms with Crippen molar-refractivity contribution in [1.82, 2.24) is 4.98 Å². The molecule has 0 aliphatic rings. The van der Waals surface area contributed by atoms with Gasteiger partial charge < -0.3 is 0 Å².